The lowest BCUT2D eigenvalue weighted by molar-refractivity contribution is -0.126. The summed E-state index contributed by atoms with van der Waals surface area (Å²) >= 11 is 3.49. The number of amides is 1. The van der Waals surface area contributed by atoms with E-state index in [1.54, 1.807) is 0 Å². The molecule has 0 aromatic heterocycles. The molecule has 3 N–H and O–H groups in total. The summed E-state index contributed by atoms with van der Waals surface area (Å²) in [5.74, 6) is 0.0795. The quantitative estimate of drug-likeness (QED) is 0.892. The topological polar surface area (TPSA) is 55.1 Å². The van der Waals surface area contributed by atoms with Crippen LogP contribution >= 0.6 is 15.9 Å². The molecule has 0 radical (unpaired) electrons. The van der Waals surface area contributed by atoms with Gasteiger partial charge in [-0.3, -0.25) is 4.79 Å². The molecule has 0 spiro atoms. The first-order chi connectivity index (χ1) is 9.09. The van der Waals surface area contributed by atoms with E-state index in [2.05, 4.69) is 21.2 Å². The van der Waals surface area contributed by atoms with Gasteiger partial charge in [0.15, 0.2) is 0 Å². The SMILES string of the molecule is Cc1c(Br)cccc1NC(=O)C1(CN)CCCCC1. The van der Waals surface area contributed by atoms with Crippen molar-refractivity contribution in [2.24, 2.45) is 11.1 Å². The number of carbonyl (C=O) groups excluding carboxylic acids is 1. The molecular weight excluding hydrogens is 304 g/mol. The average molecular weight is 325 g/mol. The molecule has 0 unspecified atom stereocenters. The second-order valence-electron chi connectivity index (χ2n) is 5.41. The molecule has 2 rings (SSSR count). The summed E-state index contributed by atoms with van der Waals surface area (Å²) in [6.07, 6.45) is 5.22. The van der Waals surface area contributed by atoms with E-state index in [0.29, 0.717) is 6.54 Å². The third-order valence-corrected chi connectivity index (χ3v) is 5.06. The first-order valence-corrected chi connectivity index (χ1v) is 7.65. The van der Waals surface area contributed by atoms with Crippen LogP contribution in [0.3, 0.4) is 0 Å². The van der Waals surface area contributed by atoms with Gasteiger partial charge < -0.3 is 11.1 Å². The summed E-state index contributed by atoms with van der Waals surface area (Å²) < 4.78 is 1.01. The van der Waals surface area contributed by atoms with Gasteiger partial charge in [0.1, 0.15) is 0 Å². The molecule has 1 fully saturated rings. The monoisotopic (exact) mass is 324 g/mol. The van der Waals surface area contributed by atoms with E-state index < -0.39 is 0 Å². The Morgan fingerprint density at radius 2 is 2.05 bits per heavy atom. The molecule has 1 aliphatic rings. The van der Waals surface area contributed by atoms with Gasteiger partial charge in [0.2, 0.25) is 5.91 Å². The number of benzene rings is 1. The fourth-order valence-corrected chi connectivity index (χ4v) is 3.12. The van der Waals surface area contributed by atoms with Crippen LogP contribution in [0.15, 0.2) is 22.7 Å². The Balaban J connectivity index is 2.17. The molecule has 104 valence electrons. The summed E-state index contributed by atoms with van der Waals surface area (Å²) in [5, 5.41) is 3.06. The highest BCUT2D eigenvalue weighted by molar-refractivity contribution is 9.10. The van der Waals surface area contributed by atoms with Crippen LogP contribution in [0.5, 0.6) is 0 Å². The maximum absolute atomic E-state index is 12.6. The first kappa shape index (κ1) is 14.5. The van der Waals surface area contributed by atoms with Crippen LogP contribution < -0.4 is 11.1 Å². The van der Waals surface area contributed by atoms with Gasteiger partial charge in [-0.25, -0.2) is 0 Å². The number of rotatable bonds is 3. The van der Waals surface area contributed by atoms with E-state index in [9.17, 15) is 4.79 Å². The Morgan fingerprint density at radius 3 is 2.68 bits per heavy atom. The summed E-state index contributed by atoms with van der Waals surface area (Å²) in [7, 11) is 0. The van der Waals surface area contributed by atoms with Crippen LogP contribution in [0.1, 0.15) is 37.7 Å². The van der Waals surface area contributed by atoms with Gasteiger partial charge in [0.05, 0.1) is 5.41 Å². The van der Waals surface area contributed by atoms with Crippen molar-refractivity contribution in [1.29, 1.82) is 0 Å². The highest BCUT2D eigenvalue weighted by Gasteiger charge is 2.38. The van der Waals surface area contributed by atoms with Crippen molar-refractivity contribution >= 4 is 27.5 Å². The molecule has 1 aromatic rings. The van der Waals surface area contributed by atoms with Crippen LogP contribution in [0.2, 0.25) is 0 Å². The van der Waals surface area contributed by atoms with Gasteiger partial charge in [0.25, 0.3) is 0 Å². The Morgan fingerprint density at radius 1 is 1.37 bits per heavy atom. The number of hydrogen-bond acceptors (Lipinski definition) is 2. The van der Waals surface area contributed by atoms with E-state index >= 15 is 0 Å². The van der Waals surface area contributed by atoms with Crippen molar-refractivity contribution in [2.75, 3.05) is 11.9 Å². The molecule has 0 atom stereocenters. The highest BCUT2D eigenvalue weighted by atomic mass is 79.9. The van der Waals surface area contributed by atoms with Gasteiger partial charge in [0, 0.05) is 16.7 Å². The highest BCUT2D eigenvalue weighted by Crippen LogP contribution is 2.37. The maximum Gasteiger partial charge on any atom is 0.231 e. The van der Waals surface area contributed by atoms with E-state index in [4.69, 9.17) is 5.73 Å². The van der Waals surface area contributed by atoms with Gasteiger partial charge in [-0.2, -0.15) is 0 Å². The third-order valence-electron chi connectivity index (χ3n) is 4.20. The third kappa shape index (κ3) is 3.00. The maximum atomic E-state index is 12.6. The van der Waals surface area contributed by atoms with Gasteiger partial charge in [-0.1, -0.05) is 41.3 Å². The fraction of sp³-hybridized carbons (Fsp3) is 0.533. The van der Waals surface area contributed by atoms with Crippen molar-refractivity contribution < 1.29 is 4.79 Å². The first-order valence-electron chi connectivity index (χ1n) is 6.86. The lowest BCUT2D eigenvalue weighted by Gasteiger charge is -2.34. The average Bonchev–Trinajstić information content (AvgIpc) is 2.44. The van der Waals surface area contributed by atoms with Gasteiger partial charge in [-0.15, -0.1) is 0 Å². The standard InChI is InChI=1S/C15H21BrN2O/c1-11-12(16)6-5-7-13(11)18-14(19)15(10-17)8-3-2-4-9-15/h5-7H,2-4,8-10,17H2,1H3,(H,18,19). The zero-order valence-corrected chi connectivity index (χ0v) is 12.9. The molecule has 0 heterocycles. The Hall–Kier alpha value is -0.870. The second-order valence-corrected chi connectivity index (χ2v) is 6.27. The zero-order chi connectivity index (χ0) is 13.9. The predicted molar refractivity (Wildman–Crippen MR) is 82.1 cm³/mol. The molecule has 1 aromatic carbocycles. The summed E-state index contributed by atoms with van der Waals surface area (Å²) in [4.78, 5) is 12.6. The molecule has 4 heteroatoms. The number of nitrogens with two attached hydrogens (primary N) is 1. The molecule has 0 bridgehead atoms. The zero-order valence-electron chi connectivity index (χ0n) is 11.3. The Labute approximate surface area is 123 Å². The number of nitrogens with one attached hydrogen (secondary N) is 1. The Kier molecular flexibility index (Phi) is 4.63. The fourth-order valence-electron chi connectivity index (χ4n) is 2.75. The van der Waals surface area contributed by atoms with Crippen molar-refractivity contribution in [3.8, 4) is 0 Å². The largest absolute Gasteiger partial charge is 0.329 e. The lowest BCUT2D eigenvalue weighted by Crippen LogP contribution is -2.43. The van der Waals surface area contributed by atoms with Crippen molar-refractivity contribution in [2.45, 2.75) is 39.0 Å². The minimum atomic E-state index is -0.368. The van der Waals surface area contributed by atoms with Gasteiger partial charge >= 0.3 is 0 Å². The van der Waals surface area contributed by atoms with Crippen LogP contribution in [0.4, 0.5) is 5.69 Å². The number of carbonyl (C=O) groups is 1. The summed E-state index contributed by atoms with van der Waals surface area (Å²) in [5.41, 5.74) is 7.45. The van der Waals surface area contributed by atoms with Crippen molar-refractivity contribution in [3.63, 3.8) is 0 Å². The number of hydrogen-bond donors (Lipinski definition) is 2. The molecule has 1 aliphatic carbocycles. The molecule has 19 heavy (non-hydrogen) atoms. The molecule has 1 amide bonds. The minimum absolute atomic E-state index is 0.0795. The van der Waals surface area contributed by atoms with Gasteiger partial charge in [-0.05, 0) is 37.5 Å². The van der Waals surface area contributed by atoms with Crippen LogP contribution in [0, 0.1) is 12.3 Å². The predicted octanol–water partition coefficient (Wildman–Crippen LogP) is 3.61. The smallest absolute Gasteiger partial charge is 0.231 e. The summed E-state index contributed by atoms with van der Waals surface area (Å²) in [6, 6.07) is 5.85. The Bertz CT molecular complexity index is 467. The molecule has 1 saturated carbocycles. The van der Waals surface area contributed by atoms with E-state index in [0.717, 1.165) is 41.4 Å². The van der Waals surface area contributed by atoms with E-state index in [1.165, 1.54) is 6.42 Å². The van der Waals surface area contributed by atoms with Crippen LogP contribution in [0.25, 0.3) is 0 Å². The van der Waals surface area contributed by atoms with Crippen LogP contribution in [-0.4, -0.2) is 12.5 Å². The van der Waals surface area contributed by atoms with E-state index in [1.807, 2.05) is 25.1 Å². The molecule has 0 aliphatic heterocycles. The van der Waals surface area contributed by atoms with Crippen LogP contribution in [-0.2, 0) is 4.79 Å². The van der Waals surface area contributed by atoms with Crippen molar-refractivity contribution in [3.05, 3.63) is 28.2 Å². The number of halogens is 1. The van der Waals surface area contributed by atoms with E-state index in [-0.39, 0.29) is 11.3 Å². The van der Waals surface area contributed by atoms with Crippen molar-refractivity contribution in [1.82, 2.24) is 0 Å². The normalized spacial score (nSPS) is 18.1. The lowest BCUT2D eigenvalue weighted by atomic mass is 9.73. The summed E-state index contributed by atoms with van der Waals surface area (Å²) in [6.45, 7) is 2.43. The minimum Gasteiger partial charge on any atom is -0.329 e. The molecule has 0 saturated heterocycles. The second kappa shape index (κ2) is 6.06. The molecule has 3 nitrogen and oxygen atoms in total. The number of anilines is 1. The molecular formula is C15H21BrN2O.